The van der Waals surface area contributed by atoms with E-state index >= 15 is 0 Å². The van der Waals surface area contributed by atoms with Gasteiger partial charge in [0.05, 0.1) is 5.52 Å². The van der Waals surface area contributed by atoms with Crippen molar-refractivity contribution < 1.29 is 4.79 Å². The number of nitrogens with one attached hydrogen (secondary N) is 2. The minimum Gasteiger partial charge on any atom is -0.385 e. The van der Waals surface area contributed by atoms with Gasteiger partial charge < -0.3 is 10.6 Å². The summed E-state index contributed by atoms with van der Waals surface area (Å²) >= 11 is 0. The van der Waals surface area contributed by atoms with E-state index < -0.39 is 0 Å². The summed E-state index contributed by atoms with van der Waals surface area (Å²) in [6.45, 7) is 1.06. The molecule has 0 aliphatic heterocycles. The molecule has 1 amide bonds. The van der Waals surface area contributed by atoms with Gasteiger partial charge in [0.15, 0.2) is 0 Å². The molecule has 1 aromatic heterocycles. The summed E-state index contributed by atoms with van der Waals surface area (Å²) in [5, 5.41) is 7.16. The van der Waals surface area contributed by atoms with Gasteiger partial charge in [0.1, 0.15) is 0 Å². The van der Waals surface area contributed by atoms with Gasteiger partial charge in [0.2, 0.25) is 0 Å². The molecule has 18 heavy (non-hydrogen) atoms. The molecule has 0 atom stereocenters. The van der Waals surface area contributed by atoms with Crippen molar-refractivity contribution in [3.8, 4) is 0 Å². The highest BCUT2D eigenvalue weighted by atomic mass is 16.2. The Morgan fingerprint density at radius 3 is 2.94 bits per heavy atom. The lowest BCUT2D eigenvalue weighted by Gasteiger charge is -2.06. The summed E-state index contributed by atoms with van der Waals surface area (Å²) in [6.07, 6.45) is 4.50. The Morgan fingerprint density at radius 1 is 1.39 bits per heavy atom. The van der Waals surface area contributed by atoms with Crippen molar-refractivity contribution in [3.63, 3.8) is 0 Å². The standard InChI is InChI=1S/C14H17N3O/c1-15-14(18)17-7-6-11-8-12(4-5-13(11)17)16-9-10-2-3-10/h4-8,10,16H,2-3,9H2,1H3,(H,15,18). The molecule has 4 nitrogen and oxygen atoms in total. The predicted octanol–water partition coefficient (Wildman–Crippen LogP) is 2.65. The van der Waals surface area contributed by atoms with Crippen LogP contribution in [0.15, 0.2) is 30.5 Å². The molecule has 0 unspecified atom stereocenters. The van der Waals surface area contributed by atoms with E-state index in [1.54, 1.807) is 17.8 Å². The smallest absolute Gasteiger partial charge is 0.325 e. The third-order valence-corrected chi connectivity index (χ3v) is 3.41. The van der Waals surface area contributed by atoms with E-state index in [1.165, 1.54) is 12.8 Å². The molecule has 2 aromatic rings. The molecule has 2 N–H and O–H groups in total. The van der Waals surface area contributed by atoms with Crippen LogP contribution in [0, 0.1) is 5.92 Å². The minimum absolute atomic E-state index is 0.108. The van der Waals surface area contributed by atoms with E-state index in [0.717, 1.165) is 29.1 Å². The molecule has 3 rings (SSSR count). The van der Waals surface area contributed by atoms with Crippen LogP contribution in [0.4, 0.5) is 10.5 Å². The first kappa shape index (κ1) is 11.1. The van der Waals surface area contributed by atoms with Crippen LogP contribution in [-0.4, -0.2) is 24.2 Å². The number of nitrogens with zero attached hydrogens (tertiary/aromatic N) is 1. The number of rotatable bonds is 3. The summed E-state index contributed by atoms with van der Waals surface area (Å²) in [7, 11) is 1.64. The summed E-state index contributed by atoms with van der Waals surface area (Å²) in [5.41, 5.74) is 2.07. The van der Waals surface area contributed by atoms with Crippen molar-refractivity contribution >= 4 is 22.6 Å². The molecule has 0 spiro atoms. The van der Waals surface area contributed by atoms with E-state index in [4.69, 9.17) is 0 Å². The Kier molecular flexibility index (Phi) is 2.70. The number of hydrogen-bond donors (Lipinski definition) is 2. The van der Waals surface area contributed by atoms with Crippen LogP contribution >= 0.6 is 0 Å². The van der Waals surface area contributed by atoms with Gasteiger partial charge in [-0.2, -0.15) is 0 Å². The highest BCUT2D eigenvalue weighted by Gasteiger charge is 2.20. The van der Waals surface area contributed by atoms with Crippen molar-refractivity contribution in [2.75, 3.05) is 18.9 Å². The fourth-order valence-corrected chi connectivity index (χ4v) is 2.13. The maximum atomic E-state index is 11.6. The Bertz CT molecular complexity index is 584. The summed E-state index contributed by atoms with van der Waals surface area (Å²) in [6, 6.07) is 7.97. The van der Waals surface area contributed by atoms with Crippen LogP contribution in [0.1, 0.15) is 12.8 Å². The Morgan fingerprint density at radius 2 is 2.22 bits per heavy atom. The molecule has 1 heterocycles. The van der Waals surface area contributed by atoms with E-state index in [9.17, 15) is 4.79 Å². The van der Waals surface area contributed by atoms with Gasteiger partial charge in [-0.05, 0) is 43.0 Å². The maximum absolute atomic E-state index is 11.6. The second-order valence-corrected chi connectivity index (χ2v) is 4.84. The zero-order valence-corrected chi connectivity index (χ0v) is 10.4. The highest BCUT2D eigenvalue weighted by Crippen LogP contribution is 2.29. The van der Waals surface area contributed by atoms with Gasteiger partial charge in [-0.3, -0.25) is 4.57 Å². The molecule has 4 heteroatoms. The zero-order chi connectivity index (χ0) is 12.5. The lowest BCUT2D eigenvalue weighted by Crippen LogP contribution is -2.23. The van der Waals surface area contributed by atoms with Crippen LogP contribution in [0.2, 0.25) is 0 Å². The average molecular weight is 243 g/mol. The molecule has 1 saturated carbocycles. The number of fused-ring (bicyclic) bond motifs is 1. The topological polar surface area (TPSA) is 46.1 Å². The van der Waals surface area contributed by atoms with Gasteiger partial charge in [0.25, 0.3) is 0 Å². The molecule has 1 aliphatic carbocycles. The van der Waals surface area contributed by atoms with Gasteiger partial charge in [-0.1, -0.05) is 0 Å². The third kappa shape index (κ3) is 2.06. The van der Waals surface area contributed by atoms with Gasteiger partial charge in [-0.15, -0.1) is 0 Å². The average Bonchev–Trinajstić information content (AvgIpc) is 3.14. The van der Waals surface area contributed by atoms with Crippen molar-refractivity contribution in [2.45, 2.75) is 12.8 Å². The number of hydrogen-bond acceptors (Lipinski definition) is 2. The summed E-state index contributed by atoms with van der Waals surface area (Å²) in [5.74, 6) is 0.858. The molecule has 1 aliphatic rings. The second-order valence-electron chi connectivity index (χ2n) is 4.84. The first-order valence-electron chi connectivity index (χ1n) is 6.35. The largest absolute Gasteiger partial charge is 0.385 e. The number of amides is 1. The number of anilines is 1. The lowest BCUT2D eigenvalue weighted by molar-refractivity contribution is 0.245. The fourth-order valence-electron chi connectivity index (χ4n) is 2.13. The number of carbonyl (C=O) groups is 1. The third-order valence-electron chi connectivity index (χ3n) is 3.41. The predicted molar refractivity (Wildman–Crippen MR) is 73.0 cm³/mol. The number of benzene rings is 1. The first-order chi connectivity index (χ1) is 8.78. The molecule has 0 saturated heterocycles. The van der Waals surface area contributed by atoms with Crippen LogP contribution in [0.25, 0.3) is 10.9 Å². The van der Waals surface area contributed by atoms with Crippen molar-refractivity contribution in [3.05, 3.63) is 30.5 Å². The van der Waals surface area contributed by atoms with Gasteiger partial charge in [0, 0.05) is 30.9 Å². The molecular weight excluding hydrogens is 226 g/mol. The molecule has 0 bridgehead atoms. The zero-order valence-electron chi connectivity index (χ0n) is 10.4. The molecule has 0 radical (unpaired) electrons. The van der Waals surface area contributed by atoms with Gasteiger partial charge >= 0.3 is 6.03 Å². The number of aromatic nitrogens is 1. The normalized spacial score (nSPS) is 14.7. The molecule has 1 aromatic carbocycles. The maximum Gasteiger partial charge on any atom is 0.325 e. The number of carbonyl (C=O) groups excluding carboxylic acids is 1. The lowest BCUT2D eigenvalue weighted by atomic mass is 10.2. The Balaban J connectivity index is 1.85. The van der Waals surface area contributed by atoms with E-state index in [2.05, 4.69) is 16.7 Å². The molecular formula is C14H17N3O. The SMILES string of the molecule is CNC(=O)n1ccc2cc(NCC3CC3)ccc21. The monoisotopic (exact) mass is 243 g/mol. The summed E-state index contributed by atoms with van der Waals surface area (Å²) < 4.78 is 1.63. The fraction of sp³-hybridized carbons (Fsp3) is 0.357. The summed E-state index contributed by atoms with van der Waals surface area (Å²) in [4.78, 5) is 11.6. The second kappa shape index (κ2) is 4.37. The van der Waals surface area contributed by atoms with Crippen LogP contribution in [0.5, 0.6) is 0 Å². The van der Waals surface area contributed by atoms with Crippen molar-refractivity contribution in [1.29, 1.82) is 0 Å². The van der Waals surface area contributed by atoms with Crippen LogP contribution in [0.3, 0.4) is 0 Å². The quantitative estimate of drug-likeness (QED) is 0.870. The van der Waals surface area contributed by atoms with Crippen molar-refractivity contribution in [2.24, 2.45) is 5.92 Å². The highest BCUT2D eigenvalue weighted by molar-refractivity contribution is 5.93. The van der Waals surface area contributed by atoms with E-state index in [0.29, 0.717) is 0 Å². The minimum atomic E-state index is -0.108. The molecule has 94 valence electrons. The van der Waals surface area contributed by atoms with Crippen LogP contribution in [-0.2, 0) is 0 Å². The first-order valence-corrected chi connectivity index (χ1v) is 6.35. The van der Waals surface area contributed by atoms with E-state index in [-0.39, 0.29) is 6.03 Å². The Hall–Kier alpha value is -1.97. The van der Waals surface area contributed by atoms with Crippen molar-refractivity contribution in [1.82, 2.24) is 9.88 Å². The molecule has 1 fully saturated rings. The van der Waals surface area contributed by atoms with E-state index in [1.807, 2.05) is 18.2 Å². The Labute approximate surface area is 106 Å². The van der Waals surface area contributed by atoms with Gasteiger partial charge in [-0.25, -0.2) is 4.79 Å². The van der Waals surface area contributed by atoms with Crippen LogP contribution < -0.4 is 10.6 Å².